The van der Waals surface area contributed by atoms with Crippen molar-refractivity contribution >= 4 is 11.8 Å². The molecular weight excluding hydrogens is 382 g/mol. The zero-order chi connectivity index (χ0) is 20.6. The zero-order valence-corrected chi connectivity index (χ0v) is 16.5. The Kier molecular flexibility index (Phi) is 5.57. The number of morpholine rings is 1. The normalized spacial score (nSPS) is 30.0. The molecule has 1 atom stereocenters. The van der Waals surface area contributed by atoms with Gasteiger partial charge in [-0.15, -0.1) is 0 Å². The molecule has 1 spiro atoms. The molecule has 0 bridgehead atoms. The Labute approximate surface area is 168 Å². The molecule has 1 aromatic rings. The van der Waals surface area contributed by atoms with Crippen LogP contribution in [-0.2, 0) is 14.3 Å². The highest BCUT2D eigenvalue weighted by atomic mass is 19.1. The van der Waals surface area contributed by atoms with Gasteiger partial charge in [-0.2, -0.15) is 0 Å². The number of benzene rings is 1. The molecule has 0 aromatic heterocycles. The zero-order valence-electron chi connectivity index (χ0n) is 16.5. The Hall–Kier alpha value is -2.06. The number of hydrogen-bond donors (Lipinski definition) is 0. The summed E-state index contributed by atoms with van der Waals surface area (Å²) in [6, 6.07) is 2.07. The minimum absolute atomic E-state index is 0.0825. The largest absolute Gasteiger partial charge is 0.378 e. The molecule has 2 amide bonds. The van der Waals surface area contributed by atoms with Gasteiger partial charge in [-0.25, -0.2) is 8.78 Å². The smallest absolute Gasteiger partial charge is 0.259 e. The monoisotopic (exact) mass is 408 g/mol. The van der Waals surface area contributed by atoms with E-state index < -0.39 is 29.3 Å². The number of carbonyl (C=O) groups excluding carboxylic acids is 2. The Morgan fingerprint density at radius 3 is 2.48 bits per heavy atom. The molecule has 0 unspecified atom stereocenters. The van der Waals surface area contributed by atoms with Gasteiger partial charge in [0.05, 0.1) is 25.4 Å². The summed E-state index contributed by atoms with van der Waals surface area (Å²) in [5.41, 5.74) is -1.16. The average molecular weight is 408 g/mol. The maximum Gasteiger partial charge on any atom is 0.259 e. The number of halogens is 2. The van der Waals surface area contributed by atoms with Gasteiger partial charge >= 0.3 is 0 Å². The Bertz CT molecular complexity index is 789. The minimum Gasteiger partial charge on any atom is -0.378 e. The van der Waals surface area contributed by atoms with E-state index in [0.717, 1.165) is 25.0 Å². The lowest BCUT2D eigenvalue weighted by Gasteiger charge is -2.43. The molecule has 3 aliphatic rings. The summed E-state index contributed by atoms with van der Waals surface area (Å²) in [6.07, 6.45) is 2.90. The molecule has 3 fully saturated rings. The molecule has 29 heavy (non-hydrogen) atoms. The van der Waals surface area contributed by atoms with Crippen molar-refractivity contribution in [3.05, 3.63) is 35.4 Å². The molecule has 6 nitrogen and oxygen atoms in total. The number of hydrogen-bond acceptors (Lipinski definition) is 4. The lowest BCUT2D eigenvalue weighted by Crippen LogP contribution is -2.58. The Balaban J connectivity index is 1.67. The Morgan fingerprint density at radius 1 is 1.14 bits per heavy atom. The summed E-state index contributed by atoms with van der Waals surface area (Å²) in [4.78, 5) is 29.7. The second-order valence-electron chi connectivity index (χ2n) is 8.19. The Morgan fingerprint density at radius 2 is 1.83 bits per heavy atom. The number of amides is 2. The van der Waals surface area contributed by atoms with E-state index in [1.807, 2.05) is 0 Å². The molecule has 0 N–H and O–H groups in total. The molecule has 4 rings (SSSR count). The van der Waals surface area contributed by atoms with Crippen LogP contribution in [0, 0.1) is 17.6 Å². The van der Waals surface area contributed by atoms with Gasteiger partial charge < -0.3 is 14.4 Å². The summed E-state index contributed by atoms with van der Waals surface area (Å²) in [5.74, 6) is -2.02. The van der Waals surface area contributed by atoms with E-state index in [0.29, 0.717) is 51.1 Å². The maximum atomic E-state index is 14.4. The van der Waals surface area contributed by atoms with Crippen LogP contribution >= 0.6 is 0 Å². The average Bonchev–Trinajstić information content (AvgIpc) is 3.09. The fourth-order valence-electron chi connectivity index (χ4n) is 4.56. The number of nitrogens with zero attached hydrogens (tertiary/aromatic N) is 2. The van der Waals surface area contributed by atoms with E-state index in [-0.39, 0.29) is 18.1 Å². The second kappa shape index (κ2) is 7.99. The first kappa shape index (κ1) is 20.2. The van der Waals surface area contributed by atoms with Crippen molar-refractivity contribution in [2.24, 2.45) is 5.92 Å². The minimum atomic E-state index is -0.932. The molecule has 0 radical (unpaired) electrons. The van der Waals surface area contributed by atoms with Crippen molar-refractivity contribution in [2.75, 3.05) is 32.9 Å². The van der Waals surface area contributed by atoms with Crippen LogP contribution in [0.5, 0.6) is 0 Å². The highest BCUT2D eigenvalue weighted by Crippen LogP contribution is 2.43. The van der Waals surface area contributed by atoms with Gasteiger partial charge in [0.1, 0.15) is 23.4 Å². The van der Waals surface area contributed by atoms with Crippen LogP contribution in [0.25, 0.3) is 0 Å². The third-order valence-corrected chi connectivity index (χ3v) is 6.30. The number of ether oxygens (including phenoxy) is 2. The van der Waals surface area contributed by atoms with E-state index in [9.17, 15) is 18.4 Å². The summed E-state index contributed by atoms with van der Waals surface area (Å²) in [6.45, 7) is 4.02. The lowest BCUT2D eigenvalue weighted by molar-refractivity contribution is -0.141. The van der Waals surface area contributed by atoms with Gasteiger partial charge in [-0.1, -0.05) is 6.92 Å². The van der Waals surface area contributed by atoms with Crippen molar-refractivity contribution in [2.45, 2.75) is 44.4 Å². The molecule has 1 aromatic carbocycles. The van der Waals surface area contributed by atoms with Crippen LogP contribution in [0.3, 0.4) is 0 Å². The summed E-state index contributed by atoms with van der Waals surface area (Å²) in [7, 11) is 0. The molecule has 2 heterocycles. The first-order valence-corrected chi connectivity index (χ1v) is 10.2. The summed E-state index contributed by atoms with van der Waals surface area (Å²) in [5, 5.41) is 0. The highest BCUT2D eigenvalue weighted by Gasteiger charge is 2.54. The molecular formula is C21H26F2N2O4. The highest BCUT2D eigenvalue weighted by molar-refractivity contribution is 5.98. The van der Waals surface area contributed by atoms with Crippen LogP contribution in [0.2, 0.25) is 0 Å². The van der Waals surface area contributed by atoms with E-state index in [1.54, 1.807) is 4.90 Å². The van der Waals surface area contributed by atoms with Crippen LogP contribution in [0.4, 0.5) is 8.78 Å². The standard InChI is InChI=1S/C21H26F2N2O4/c1-14-4-6-21(7-5-14)25(19(26)16-3-2-15(22)12-17(16)23)18(13-29-21)20(27)24-8-10-28-11-9-24/h2-3,12,14,18H,4-11,13H2,1H3/t14?,18-,21?/m0/s1. The van der Waals surface area contributed by atoms with Crippen molar-refractivity contribution in [1.82, 2.24) is 9.80 Å². The third kappa shape index (κ3) is 3.75. The first-order chi connectivity index (χ1) is 13.9. The van der Waals surface area contributed by atoms with Crippen molar-refractivity contribution in [3.8, 4) is 0 Å². The van der Waals surface area contributed by atoms with Gasteiger partial charge in [0.15, 0.2) is 0 Å². The van der Waals surface area contributed by atoms with Crippen molar-refractivity contribution in [3.63, 3.8) is 0 Å². The lowest BCUT2D eigenvalue weighted by atomic mass is 9.83. The van der Waals surface area contributed by atoms with Crippen molar-refractivity contribution < 1.29 is 27.8 Å². The predicted octanol–water partition coefficient (Wildman–Crippen LogP) is 2.57. The maximum absolute atomic E-state index is 14.4. The van der Waals surface area contributed by atoms with Gasteiger partial charge in [-0.05, 0) is 43.7 Å². The van der Waals surface area contributed by atoms with Crippen LogP contribution in [-0.4, -0.2) is 66.3 Å². The second-order valence-corrected chi connectivity index (χ2v) is 8.19. The molecule has 1 aliphatic carbocycles. The van der Waals surface area contributed by atoms with Crippen LogP contribution in [0.15, 0.2) is 18.2 Å². The molecule has 8 heteroatoms. The van der Waals surface area contributed by atoms with Gasteiger partial charge in [0, 0.05) is 19.2 Å². The van der Waals surface area contributed by atoms with E-state index in [1.165, 1.54) is 4.90 Å². The molecule has 2 aliphatic heterocycles. The summed E-state index contributed by atoms with van der Waals surface area (Å²) >= 11 is 0. The predicted molar refractivity (Wildman–Crippen MR) is 100 cm³/mol. The fourth-order valence-corrected chi connectivity index (χ4v) is 4.56. The fraction of sp³-hybridized carbons (Fsp3) is 0.619. The van der Waals surface area contributed by atoms with Crippen LogP contribution < -0.4 is 0 Å². The number of rotatable bonds is 2. The molecule has 158 valence electrons. The van der Waals surface area contributed by atoms with Crippen molar-refractivity contribution in [1.29, 1.82) is 0 Å². The quantitative estimate of drug-likeness (QED) is 0.755. The molecule has 2 saturated heterocycles. The first-order valence-electron chi connectivity index (χ1n) is 10.2. The van der Waals surface area contributed by atoms with Gasteiger partial charge in [0.25, 0.3) is 5.91 Å². The third-order valence-electron chi connectivity index (χ3n) is 6.30. The van der Waals surface area contributed by atoms with Gasteiger partial charge in [0.2, 0.25) is 5.91 Å². The molecule has 1 saturated carbocycles. The van der Waals surface area contributed by atoms with Gasteiger partial charge in [-0.3, -0.25) is 14.5 Å². The van der Waals surface area contributed by atoms with E-state index in [4.69, 9.17) is 9.47 Å². The van der Waals surface area contributed by atoms with Crippen LogP contribution in [0.1, 0.15) is 43.0 Å². The topological polar surface area (TPSA) is 59.1 Å². The van der Waals surface area contributed by atoms with E-state index >= 15 is 0 Å². The summed E-state index contributed by atoms with van der Waals surface area (Å²) < 4.78 is 39.2. The SMILES string of the molecule is CC1CCC2(CC1)OC[C@@H](C(=O)N1CCOCC1)N2C(=O)c1ccc(F)cc1F. The number of carbonyl (C=O) groups is 2. The van der Waals surface area contributed by atoms with E-state index in [2.05, 4.69) is 6.92 Å².